The molecule has 0 unspecified atom stereocenters. The highest BCUT2D eigenvalue weighted by molar-refractivity contribution is 7.10. The number of nitrogens with one attached hydrogen (secondary N) is 1. The van der Waals surface area contributed by atoms with Crippen LogP contribution in [0.15, 0.2) is 35.7 Å². The van der Waals surface area contributed by atoms with Crippen LogP contribution in [0.1, 0.15) is 10.4 Å². The zero-order valence-corrected chi connectivity index (χ0v) is 10.4. The predicted octanol–water partition coefficient (Wildman–Crippen LogP) is 2.82. The van der Waals surface area contributed by atoms with E-state index in [0.29, 0.717) is 17.8 Å². The van der Waals surface area contributed by atoms with Crippen molar-refractivity contribution in [1.29, 1.82) is 0 Å². The third-order valence-electron chi connectivity index (χ3n) is 2.40. The summed E-state index contributed by atoms with van der Waals surface area (Å²) in [6, 6.07) is 9.49. The monoisotopic (exact) mass is 246 g/mol. The van der Waals surface area contributed by atoms with Gasteiger partial charge in [-0.05, 0) is 36.1 Å². The first kappa shape index (κ1) is 11.7. The van der Waals surface area contributed by atoms with Crippen molar-refractivity contribution in [2.75, 3.05) is 11.1 Å². The van der Waals surface area contributed by atoms with Crippen molar-refractivity contribution < 1.29 is 4.79 Å². The standard InChI is InChI=1S/C13H14N2OS/c1-9-4-5-12(11(14)7-9)15-13(16)8-10-3-2-6-17-10/h2-7H,8,14H2,1H3,(H,15,16). The number of hydrogen-bond donors (Lipinski definition) is 2. The molecule has 1 heterocycles. The quantitative estimate of drug-likeness (QED) is 0.818. The van der Waals surface area contributed by atoms with Gasteiger partial charge in [0.05, 0.1) is 17.8 Å². The molecule has 0 aliphatic carbocycles. The molecule has 0 atom stereocenters. The van der Waals surface area contributed by atoms with Gasteiger partial charge in [0.1, 0.15) is 0 Å². The Morgan fingerprint density at radius 3 is 2.88 bits per heavy atom. The fourth-order valence-corrected chi connectivity index (χ4v) is 2.27. The molecule has 0 bridgehead atoms. The molecule has 0 saturated heterocycles. The van der Waals surface area contributed by atoms with Crippen LogP contribution in [0.4, 0.5) is 11.4 Å². The van der Waals surface area contributed by atoms with Crippen molar-refractivity contribution in [1.82, 2.24) is 0 Å². The van der Waals surface area contributed by atoms with E-state index in [2.05, 4.69) is 5.32 Å². The zero-order chi connectivity index (χ0) is 12.3. The van der Waals surface area contributed by atoms with E-state index in [4.69, 9.17) is 5.73 Å². The number of aryl methyl sites for hydroxylation is 1. The first-order chi connectivity index (χ1) is 8.15. The van der Waals surface area contributed by atoms with Crippen molar-refractivity contribution in [3.63, 3.8) is 0 Å². The largest absolute Gasteiger partial charge is 0.397 e. The van der Waals surface area contributed by atoms with Crippen LogP contribution in [0, 0.1) is 6.92 Å². The molecule has 88 valence electrons. The topological polar surface area (TPSA) is 55.1 Å². The van der Waals surface area contributed by atoms with E-state index in [1.807, 2.05) is 42.6 Å². The maximum Gasteiger partial charge on any atom is 0.229 e. The highest BCUT2D eigenvalue weighted by Crippen LogP contribution is 2.20. The molecule has 2 aromatic rings. The average molecular weight is 246 g/mol. The molecule has 17 heavy (non-hydrogen) atoms. The molecule has 4 heteroatoms. The van der Waals surface area contributed by atoms with Crippen molar-refractivity contribution in [3.8, 4) is 0 Å². The Morgan fingerprint density at radius 2 is 2.24 bits per heavy atom. The first-order valence-electron chi connectivity index (χ1n) is 5.33. The second kappa shape index (κ2) is 5.01. The molecular weight excluding hydrogens is 232 g/mol. The lowest BCUT2D eigenvalue weighted by atomic mass is 10.2. The summed E-state index contributed by atoms with van der Waals surface area (Å²) < 4.78 is 0. The lowest BCUT2D eigenvalue weighted by molar-refractivity contribution is -0.115. The van der Waals surface area contributed by atoms with E-state index < -0.39 is 0 Å². The number of carbonyl (C=O) groups excluding carboxylic acids is 1. The van der Waals surface area contributed by atoms with Crippen LogP contribution in [0.2, 0.25) is 0 Å². The maximum absolute atomic E-state index is 11.8. The Morgan fingerprint density at radius 1 is 1.41 bits per heavy atom. The van der Waals surface area contributed by atoms with Gasteiger partial charge in [0.2, 0.25) is 5.91 Å². The zero-order valence-electron chi connectivity index (χ0n) is 9.57. The van der Waals surface area contributed by atoms with Crippen LogP contribution in [0.3, 0.4) is 0 Å². The van der Waals surface area contributed by atoms with Gasteiger partial charge >= 0.3 is 0 Å². The number of carbonyl (C=O) groups is 1. The Labute approximate surface area is 104 Å². The summed E-state index contributed by atoms with van der Waals surface area (Å²) in [5, 5.41) is 4.78. The van der Waals surface area contributed by atoms with E-state index in [9.17, 15) is 4.79 Å². The van der Waals surface area contributed by atoms with E-state index >= 15 is 0 Å². The smallest absolute Gasteiger partial charge is 0.229 e. The van der Waals surface area contributed by atoms with Crippen molar-refractivity contribution in [2.45, 2.75) is 13.3 Å². The minimum atomic E-state index is -0.0389. The predicted molar refractivity (Wildman–Crippen MR) is 72.2 cm³/mol. The van der Waals surface area contributed by atoms with Crippen molar-refractivity contribution in [3.05, 3.63) is 46.2 Å². The molecule has 0 fully saturated rings. The molecule has 1 aromatic heterocycles. The minimum absolute atomic E-state index is 0.0389. The van der Waals surface area contributed by atoms with E-state index in [1.54, 1.807) is 11.3 Å². The molecule has 0 radical (unpaired) electrons. The second-order valence-electron chi connectivity index (χ2n) is 3.90. The second-order valence-corrected chi connectivity index (χ2v) is 4.93. The van der Waals surface area contributed by atoms with Gasteiger partial charge in [-0.15, -0.1) is 11.3 Å². The molecule has 0 saturated carbocycles. The number of nitrogen functional groups attached to an aromatic ring is 1. The molecule has 3 N–H and O–H groups in total. The van der Waals surface area contributed by atoms with Crippen LogP contribution >= 0.6 is 11.3 Å². The summed E-state index contributed by atoms with van der Waals surface area (Å²) in [6.07, 6.45) is 0.394. The summed E-state index contributed by atoms with van der Waals surface area (Å²) in [5.74, 6) is -0.0389. The molecule has 3 nitrogen and oxygen atoms in total. The van der Waals surface area contributed by atoms with Gasteiger partial charge in [-0.25, -0.2) is 0 Å². The summed E-state index contributed by atoms with van der Waals surface area (Å²) >= 11 is 1.58. The van der Waals surface area contributed by atoms with Gasteiger partial charge in [-0.3, -0.25) is 4.79 Å². The van der Waals surface area contributed by atoms with Gasteiger partial charge in [-0.1, -0.05) is 12.1 Å². The minimum Gasteiger partial charge on any atom is -0.397 e. The lowest BCUT2D eigenvalue weighted by Crippen LogP contribution is -2.14. The summed E-state index contributed by atoms with van der Waals surface area (Å²) in [4.78, 5) is 12.8. The average Bonchev–Trinajstić information content (AvgIpc) is 2.75. The molecule has 1 aromatic carbocycles. The van der Waals surface area contributed by atoms with Gasteiger partial charge in [0.25, 0.3) is 0 Å². The molecule has 0 aliphatic rings. The molecule has 1 amide bonds. The Hall–Kier alpha value is -1.81. The number of benzene rings is 1. The van der Waals surface area contributed by atoms with Crippen molar-refractivity contribution >= 4 is 28.6 Å². The van der Waals surface area contributed by atoms with Crippen LogP contribution in [-0.2, 0) is 11.2 Å². The normalized spacial score (nSPS) is 10.2. The Kier molecular flexibility index (Phi) is 3.44. The van der Waals surface area contributed by atoms with Gasteiger partial charge in [-0.2, -0.15) is 0 Å². The fourth-order valence-electron chi connectivity index (χ4n) is 1.56. The van der Waals surface area contributed by atoms with Crippen LogP contribution in [0.5, 0.6) is 0 Å². The number of rotatable bonds is 3. The fraction of sp³-hybridized carbons (Fsp3) is 0.154. The SMILES string of the molecule is Cc1ccc(NC(=O)Cc2cccs2)c(N)c1. The third-order valence-corrected chi connectivity index (χ3v) is 3.27. The molecular formula is C13H14N2OS. The molecule has 0 aliphatic heterocycles. The van der Waals surface area contributed by atoms with Gasteiger partial charge in [0.15, 0.2) is 0 Å². The highest BCUT2D eigenvalue weighted by atomic mass is 32.1. The van der Waals surface area contributed by atoms with Crippen LogP contribution in [0.25, 0.3) is 0 Å². The number of amides is 1. The van der Waals surface area contributed by atoms with Gasteiger partial charge in [0, 0.05) is 4.88 Å². The van der Waals surface area contributed by atoms with Crippen LogP contribution < -0.4 is 11.1 Å². The Bertz CT molecular complexity index is 520. The van der Waals surface area contributed by atoms with Crippen LogP contribution in [-0.4, -0.2) is 5.91 Å². The lowest BCUT2D eigenvalue weighted by Gasteiger charge is -2.08. The third kappa shape index (κ3) is 3.07. The maximum atomic E-state index is 11.8. The number of hydrogen-bond acceptors (Lipinski definition) is 3. The Balaban J connectivity index is 2.03. The number of thiophene rings is 1. The highest BCUT2D eigenvalue weighted by Gasteiger charge is 2.06. The van der Waals surface area contributed by atoms with E-state index in [1.165, 1.54) is 0 Å². The summed E-state index contributed by atoms with van der Waals surface area (Å²) in [5.41, 5.74) is 8.19. The molecule has 0 spiro atoms. The molecule has 2 rings (SSSR count). The number of anilines is 2. The number of nitrogens with two attached hydrogens (primary N) is 1. The van der Waals surface area contributed by atoms with E-state index in [0.717, 1.165) is 10.4 Å². The van der Waals surface area contributed by atoms with Crippen molar-refractivity contribution in [2.24, 2.45) is 0 Å². The van der Waals surface area contributed by atoms with Gasteiger partial charge < -0.3 is 11.1 Å². The summed E-state index contributed by atoms with van der Waals surface area (Å²) in [7, 11) is 0. The summed E-state index contributed by atoms with van der Waals surface area (Å²) in [6.45, 7) is 1.97. The van der Waals surface area contributed by atoms with E-state index in [-0.39, 0.29) is 5.91 Å². The first-order valence-corrected chi connectivity index (χ1v) is 6.21.